The number of thiazole rings is 1. The summed E-state index contributed by atoms with van der Waals surface area (Å²) in [5.41, 5.74) is 7.02. The highest BCUT2D eigenvalue weighted by Crippen LogP contribution is 2.32. The van der Waals surface area contributed by atoms with Gasteiger partial charge in [-0.2, -0.15) is 0 Å². The number of likely N-dealkylation sites (N-methyl/N-ethyl adjacent to an activating group) is 1. The molecule has 5 heteroatoms. The highest BCUT2D eigenvalue weighted by atomic mass is 32.1. The van der Waals surface area contributed by atoms with Crippen molar-refractivity contribution >= 4 is 16.5 Å². The third-order valence-corrected chi connectivity index (χ3v) is 4.66. The van der Waals surface area contributed by atoms with Crippen molar-refractivity contribution in [2.45, 2.75) is 39.3 Å². The van der Waals surface area contributed by atoms with Gasteiger partial charge in [-0.1, -0.05) is 13.8 Å². The predicted octanol–water partition coefficient (Wildman–Crippen LogP) is 1.87. The van der Waals surface area contributed by atoms with Crippen LogP contribution in [-0.2, 0) is 6.54 Å². The van der Waals surface area contributed by atoms with Crippen LogP contribution in [0.25, 0.3) is 0 Å². The second kappa shape index (κ2) is 5.55. The summed E-state index contributed by atoms with van der Waals surface area (Å²) >= 11 is 1.77. The van der Waals surface area contributed by atoms with E-state index in [1.807, 2.05) is 0 Å². The summed E-state index contributed by atoms with van der Waals surface area (Å²) in [5, 5.41) is 1.15. The molecule has 0 bridgehead atoms. The number of rotatable bonds is 3. The van der Waals surface area contributed by atoms with Crippen LogP contribution in [0.15, 0.2) is 0 Å². The van der Waals surface area contributed by atoms with E-state index in [2.05, 4.69) is 37.6 Å². The van der Waals surface area contributed by atoms with Gasteiger partial charge in [0.15, 0.2) is 5.13 Å². The average Bonchev–Trinajstić information content (AvgIpc) is 2.73. The number of hydrogen-bond donors (Lipinski definition) is 1. The number of aromatic nitrogens is 1. The molecule has 0 amide bonds. The molecule has 1 atom stereocenters. The van der Waals surface area contributed by atoms with E-state index in [4.69, 9.17) is 10.7 Å². The van der Waals surface area contributed by atoms with E-state index in [1.54, 1.807) is 11.3 Å². The molecule has 2 rings (SSSR count). The lowest BCUT2D eigenvalue weighted by atomic mass is 10.1. The zero-order valence-electron chi connectivity index (χ0n) is 11.8. The monoisotopic (exact) mass is 268 g/mol. The van der Waals surface area contributed by atoms with E-state index in [0.29, 0.717) is 18.5 Å². The quantitative estimate of drug-likeness (QED) is 0.909. The van der Waals surface area contributed by atoms with Crippen molar-refractivity contribution in [1.29, 1.82) is 0 Å². The molecule has 1 aliphatic rings. The summed E-state index contributed by atoms with van der Waals surface area (Å²) in [7, 11) is 2.18. The van der Waals surface area contributed by atoms with E-state index in [1.165, 1.54) is 10.6 Å². The molecule has 18 heavy (non-hydrogen) atoms. The summed E-state index contributed by atoms with van der Waals surface area (Å²) in [6.07, 6.45) is 0. The Labute approximate surface area is 114 Å². The summed E-state index contributed by atoms with van der Waals surface area (Å²) < 4.78 is 0. The molecular formula is C13H24N4S. The van der Waals surface area contributed by atoms with E-state index in [-0.39, 0.29) is 0 Å². The largest absolute Gasteiger partial charge is 0.343 e. The first kappa shape index (κ1) is 13.8. The minimum atomic E-state index is 0.455. The highest BCUT2D eigenvalue weighted by Gasteiger charge is 2.25. The lowest BCUT2D eigenvalue weighted by Crippen LogP contribution is -2.50. The Kier molecular flexibility index (Phi) is 4.25. The number of hydrogen-bond acceptors (Lipinski definition) is 5. The van der Waals surface area contributed by atoms with Crippen LogP contribution < -0.4 is 10.6 Å². The Morgan fingerprint density at radius 1 is 1.44 bits per heavy atom. The standard InChI is InChI=1S/C13H24N4S/c1-9(2)12-11(7-14)18-13(15-12)17-6-5-16(4)8-10(17)3/h9-10H,5-8,14H2,1-4H3. The van der Waals surface area contributed by atoms with Crippen molar-refractivity contribution in [2.75, 3.05) is 31.6 Å². The second-order valence-electron chi connectivity index (χ2n) is 5.47. The minimum absolute atomic E-state index is 0.455. The molecule has 1 aliphatic heterocycles. The Bertz CT molecular complexity index is 402. The molecule has 1 aromatic heterocycles. The third kappa shape index (κ3) is 2.68. The highest BCUT2D eigenvalue weighted by molar-refractivity contribution is 7.15. The fraction of sp³-hybridized carbons (Fsp3) is 0.769. The molecule has 2 heterocycles. The molecule has 4 nitrogen and oxygen atoms in total. The lowest BCUT2D eigenvalue weighted by molar-refractivity contribution is 0.275. The zero-order valence-corrected chi connectivity index (χ0v) is 12.6. The first-order chi connectivity index (χ1) is 8.52. The van der Waals surface area contributed by atoms with Crippen molar-refractivity contribution in [2.24, 2.45) is 5.73 Å². The van der Waals surface area contributed by atoms with Gasteiger partial charge < -0.3 is 15.5 Å². The van der Waals surface area contributed by atoms with Gasteiger partial charge in [-0.05, 0) is 19.9 Å². The Balaban J connectivity index is 2.23. The topological polar surface area (TPSA) is 45.4 Å². The minimum Gasteiger partial charge on any atom is -0.343 e. The lowest BCUT2D eigenvalue weighted by Gasteiger charge is -2.38. The van der Waals surface area contributed by atoms with Gasteiger partial charge in [0, 0.05) is 37.1 Å². The molecule has 102 valence electrons. The molecule has 0 aliphatic carbocycles. The van der Waals surface area contributed by atoms with Crippen molar-refractivity contribution in [1.82, 2.24) is 9.88 Å². The molecular weight excluding hydrogens is 244 g/mol. The van der Waals surface area contributed by atoms with Crippen LogP contribution in [0.5, 0.6) is 0 Å². The zero-order chi connectivity index (χ0) is 13.3. The predicted molar refractivity (Wildman–Crippen MR) is 78.4 cm³/mol. The Morgan fingerprint density at radius 3 is 2.67 bits per heavy atom. The van der Waals surface area contributed by atoms with E-state index < -0.39 is 0 Å². The molecule has 0 spiro atoms. The van der Waals surface area contributed by atoms with E-state index >= 15 is 0 Å². The first-order valence-corrected chi connectivity index (χ1v) is 7.49. The molecule has 1 fully saturated rings. The SMILES string of the molecule is CC(C)c1nc(N2CCN(C)CC2C)sc1CN. The van der Waals surface area contributed by atoms with Crippen molar-refractivity contribution in [3.63, 3.8) is 0 Å². The van der Waals surface area contributed by atoms with Gasteiger partial charge in [-0.25, -0.2) is 4.98 Å². The molecule has 0 saturated carbocycles. The molecule has 0 radical (unpaired) electrons. The third-order valence-electron chi connectivity index (χ3n) is 3.52. The van der Waals surface area contributed by atoms with Crippen molar-refractivity contribution in [3.8, 4) is 0 Å². The molecule has 0 aromatic carbocycles. The van der Waals surface area contributed by atoms with Crippen LogP contribution in [0, 0.1) is 0 Å². The summed E-state index contributed by atoms with van der Waals surface area (Å²) in [6.45, 7) is 10.5. The van der Waals surface area contributed by atoms with Crippen LogP contribution in [0.2, 0.25) is 0 Å². The summed E-state index contributed by atoms with van der Waals surface area (Å²) in [6, 6.07) is 0.528. The van der Waals surface area contributed by atoms with Crippen LogP contribution in [0.1, 0.15) is 37.3 Å². The van der Waals surface area contributed by atoms with Gasteiger partial charge in [0.2, 0.25) is 0 Å². The summed E-state index contributed by atoms with van der Waals surface area (Å²) in [4.78, 5) is 10.9. The first-order valence-electron chi connectivity index (χ1n) is 6.67. The number of nitrogens with two attached hydrogens (primary N) is 1. The molecule has 1 aromatic rings. The van der Waals surface area contributed by atoms with Crippen LogP contribution in [-0.4, -0.2) is 42.6 Å². The molecule has 2 N–H and O–H groups in total. The fourth-order valence-corrected chi connectivity index (χ4v) is 3.72. The van der Waals surface area contributed by atoms with Crippen molar-refractivity contribution in [3.05, 3.63) is 10.6 Å². The van der Waals surface area contributed by atoms with Crippen LogP contribution >= 0.6 is 11.3 Å². The van der Waals surface area contributed by atoms with Gasteiger partial charge in [0.25, 0.3) is 0 Å². The van der Waals surface area contributed by atoms with Gasteiger partial charge in [0.1, 0.15) is 0 Å². The Hall–Kier alpha value is -0.650. The molecule has 1 unspecified atom stereocenters. The number of anilines is 1. The van der Waals surface area contributed by atoms with E-state index in [0.717, 1.165) is 24.8 Å². The molecule has 1 saturated heterocycles. The average molecular weight is 268 g/mol. The van der Waals surface area contributed by atoms with Gasteiger partial charge in [0.05, 0.1) is 5.69 Å². The maximum atomic E-state index is 5.83. The van der Waals surface area contributed by atoms with Crippen molar-refractivity contribution < 1.29 is 0 Å². The number of piperazine rings is 1. The summed E-state index contributed by atoms with van der Waals surface area (Å²) in [5.74, 6) is 0.455. The maximum absolute atomic E-state index is 5.83. The van der Waals surface area contributed by atoms with Gasteiger partial charge in [-0.15, -0.1) is 11.3 Å². The fourth-order valence-electron chi connectivity index (χ4n) is 2.49. The van der Waals surface area contributed by atoms with E-state index in [9.17, 15) is 0 Å². The van der Waals surface area contributed by atoms with Crippen LogP contribution in [0.4, 0.5) is 5.13 Å². The van der Waals surface area contributed by atoms with Gasteiger partial charge in [-0.3, -0.25) is 0 Å². The smallest absolute Gasteiger partial charge is 0.186 e. The second-order valence-corrected chi connectivity index (χ2v) is 6.53. The number of nitrogens with zero attached hydrogens (tertiary/aromatic N) is 3. The maximum Gasteiger partial charge on any atom is 0.186 e. The normalized spacial score (nSPS) is 21.9. The van der Waals surface area contributed by atoms with Gasteiger partial charge >= 0.3 is 0 Å². The Morgan fingerprint density at radius 2 is 2.17 bits per heavy atom. The van der Waals surface area contributed by atoms with Crippen LogP contribution in [0.3, 0.4) is 0 Å².